The van der Waals surface area contributed by atoms with Gasteiger partial charge in [0.1, 0.15) is 0 Å². The van der Waals surface area contributed by atoms with E-state index in [9.17, 15) is 4.79 Å². The molecule has 0 heterocycles. The molecule has 3 fully saturated rings. The minimum absolute atomic E-state index is 0.222. The Kier molecular flexibility index (Phi) is 1.26. The largest absolute Gasteiger partial charge is 0.481 e. The number of carbonyl (C=O) groups is 1. The third-order valence-corrected chi connectivity index (χ3v) is 3.87. The highest BCUT2D eigenvalue weighted by molar-refractivity contribution is 5.80. The van der Waals surface area contributed by atoms with Crippen LogP contribution < -0.4 is 0 Å². The maximum atomic E-state index is 10.9. The van der Waals surface area contributed by atoms with Gasteiger partial charge in [0.05, 0.1) is 5.41 Å². The zero-order valence-corrected chi connectivity index (χ0v) is 7.86. The van der Waals surface area contributed by atoms with Crippen LogP contribution in [0.15, 0.2) is 30.3 Å². The van der Waals surface area contributed by atoms with Crippen molar-refractivity contribution < 1.29 is 9.90 Å². The summed E-state index contributed by atoms with van der Waals surface area (Å²) in [5.41, 5.74) is 1.19. The monoisotopic (exact) mass is 188 g/mol. The highest BCUT2D eigenvalue weighted by Crippen LogP contribution is 2.73. The number of hydrogen-bond acceptors (Lipinski definition) is 1. The van der Waals surface area contributed by atoms with Crippen LogP contribution in [0.5, 0.6) is 0 Å². The first-order chi connectivity index (χ1) is 6.67. The van der Waals surface area contributed by atoms with Crippen LogP contribution in [0.25, 0.3) is 0 Å². The molecule has 2 heteroatoms. The van der Waals surface area contributed by atoms with E-state index in [1.165, 1.54) is 5.56 Å². The van der Waals surface area contributed by atoms with Gasteiger partial charge in [-0.25, -0.2) is 0 Å². The summed E-state index contributed by atoms with van der Waals surface area (Å²) in [5, 5.41) is 8.99. The van der Waals surface area contributed by atoms with Crippen molar-refractivity contribution in [1.29, 1.82) is 0 Å². The normalized spacial score (nSPS) is 38.3. The second-order valence-electron chi connectivity index (χ2n) is 4.76. The summed E-state index contributed by atoms with van der Waals surface area (Å²) in [6, 6.07) is 10.3. The van der Waals surface area contributed by atoms with Gasteiger partial charge in [-0.3, -0.25) is 4.79 Å². The van der Waals surface area contributed by atoms with Crippen molar-refractivity contribution in [3.05, 3.63) is 35.9 Å². The van der Waals surface area contributed by atoms with Gasteiger partial charge in [0.25, 0.3) is 0 Å². The van der Waals surface area contributed by atoms with Gasteiger partial charge in [0.2, 0.25) is 0 Å². The van der Waals surface area contributed by atoms with E-state index in [1.807, 2.05) is 18.2 Å². The SMILES string of the molecule is O=C(O)C12CC(c3ccccc3)(C1)C2. The van der Waals surface area contributed by atoms with Crippen molar-refractivity contribution in [1.82, 2.24) is 0 Å². The minimum atomic E-state index is -0.602. The fourth-order valence-electron chi connectivity index (χ4n) is 3.11. The lowest BCUT2D eigenvalue weighted by Crippen LogP contribution is -2.67. The predicted molar refractivity (Wildman–Crippen MR) is 52.0 cm³/mol. The van der Waals surface area contributed by atoms with Gasteiger partial charge in [-0.05, 0) is 30.2 Å². The fourth-order valence-corrected chi connectivity index (χ4v) is 3.11. The molecule has 0 aromatic heterocycles. The third-order valence-electron chi connectivity index (χ3n) is 3.87. The summed E-state index contributed by atoms with van der Waals surface area (Å²) in [6.07, 6.45) is 2.54. The van der Waals surface area contributed by atoms with Crippen molar-refractivity contribution in [2.45, 2.75) is 24.7 Å². The molecule has 0 unspecified atom stereocenters. The maximum Gasteiger partial charge on any atom is 0.309 e. The van der Waals surface area contributed by atoms with Crippen LogP contribution in [0, 0.1) is 5.41 Å². The number of aliphatic carboxylic acids is 1. The summed E-state index contributed by atoms with van der Waals surface area (Å²) in [5.74, 6) is -0.602. The Morgan fingerprint density at radius 2 is 1.71 bits per heavy atom. The number of carboxylic acids is 1. The maximum absolute atomic E-state index is 10.9. The number of benzene rings is 1. The molecule has 72 valence electrons. The number of rotatable bonds is 2. The molecule has 1 aromatic carbocycles. The molecule has 0 amide bonds. The van der Waals surface area contributed by atoms with Gasteiger partial charge in [-0.15, -0.1) is 0 Å². The minimum Gasteiger partial charge on any atom is -0.481 e. The molecular formula is C12H12O2. The lowest BCUT2D eigenvalue weighted by atomic mass is 9.33. The molecule has 2 nitrogen and oxygen atoms in total. The van der Waals surface area contributed by atoms with Gasteiger partial charge < -0.3 is 5.11 Å². The van der Waals surface area contributed by atoms with E-state index >= 15 is 0 Å². The second-order valence-corrected chi connectivity index (χ2v) is 4.76. The van der Waals surface area contributed by atoms with Crippen molar-refractivity contribution >= 4 is 5.97 Å². The van der Waals surface area contributed by atoms with Crippen LogP contribution in [0.3, 0.4) is 0 Å². The van der Waals surface area contributed by atoms with Crippen LogP contribution in [0.4, 0.5) is 0 Å². The lowest BCUT2D eigenvalue weighted by molar-refractivity contribution is -0.194. The number of carboxylic acid groups (broad SMARTS) is 1. The zero-order valence-electron chi connectivity index (χ0n) is 7.86. The van der Waals surface area contributed by atoms with Crippen LogP contribution in [0.1, 0.15) is 24.8 Å². The van der Waals surface area contributed by atoms with Crippen molar-refractivity contribution in [2.75, 3.05) is 0 Å². The van der Waals surface area contributed by atoms with E-state index in [1.54, 1.807) is 0 Å². The molecule has 1 N–H and O–H groups in total. The summed E-state index contributed by atoms with van der Waals surface area (Å²) in [4.78, 5) is 10.9. The average molecular weight is 188 g/mol. The molecule has 0 radical (unpaired) electrons. The highest BCUT2D eigenvalue weighted by Gasteiger charge is 2.72. The summed E-state index contributed by atoms with van der Waals surface area (Å²) in [6.45, 7) is 0. The van der Waals surface area contributed by atoms with E-state index < -0.39 is 5.97 Å². The van der Waals surface area contributed by atoms with Crippen LogP contribution in [-0.2, 0) is 10.2 Å². The Morgan fingerprint density at radius 3 is 2.21 bits per heavy atom. The van der Waals surface area contributed by atoms with Gasteiger partial charge in [-0.1, -0.05) is 30.3 Å². The van der Waals surface area contributed by atoms with Gasteiger partial charge >= 0.3 is 5.97 Å². The number of hydrogen-bond donors (Lipinski definition) is 1. The van der Waals surface area contributed by atoms with E-state index in [2.05, 4.69) is 12.1 Å². The summed E-state index contributed by atoms with van der Waals surface area (Å²) in [7, 11) is 0. The Morgan fingerprint density at radius 1 is 1.14 bits per heavy atom. The standard InChI is InChI=1S/C12H12O2/c13-10(14)12-6-11(7-12,8-12)9-4-2-1-3-5-9/h1-5H,6-8H2,(H,13,14). The molecular weight excluding hydrogens is 176 g/mol. The van der Waals surface area contributed by atoms with Gasteiger partial charge in [-0.2, -0.15) is 0 Å². The predicted octanol–water partition coefficient (Wildman–Crippen LogP) is 2.19. The van der Waals surface area contributed by atoms with Crippen molar-refractivity contribution in [3.8, 4) is 0 Å². The first-order valence-corrected chi connectivity index (χ1v) is 4.96. The molecule has 3 aliphatic rings. The van der Waals surface area contributed by atoms with E-state index in [0.29, 0.717) is 0 Å². The Labute approximate surface area is 82.6 Å². The molecule has 4 rings (SSSR count). The average Bonchev–Trinajstić information content (AvgIpc) is 2.00. The Bertz CT molecular complexity index is 374. The van der Waals surface area contributed by atoms with Crippen molar-refractivity contribution in [2.24, 2.45) is 5.41 Å². The third kappa shape index (κ3) is 0.746. The van der Waals surface area contributed by atoms with Crippen LogP contribution in [-0.4, -0.2) is 11.1 Å². The van der Waals surface area contributed by atoms with E-state index in [0.717, 1.165) is 19.3 Å². The van der Waals surface area contributed by atoms with Crippen molar-refractivity contribution in [3.63, 3.8) is 0 Å². The molecule has 3 aliphatic carbocycles. The molecule has 14 heavy (non-hydrogen) atoms. The molecule has 0 atom stereocenters. The summed E-state index contributed by atoms with van der Waals surface area (Å²) < 4.78 is 0. The zero-order chi connectivity index (χ0) is 9.81. The molecule has 3 saturated carbocycles. The highest BCUT2D eigenvalue weighted by atomic mass is 16.4. The fraction of sp³-hybridized carbons (Fsp3) is 0.417. The molecule has 0 saturated heterocycles. The molecule has 1 aromatic rings. The lowest BCUT2D eigenvalue weighted by Gasteiger charge is -2.68. The first kappa shape index (κ1) is 8.04. The van der Waals surface area contributed by atoms with Gasteiger partial charge in [0.15, 0.2) is 0 Å². The van der Waals surface area contributed by atoms with E-state index in [-0.39, 0.29) is 10.8 Å². The molecule has 2 bridgehead atoms. The molecule has 0 aliphatic heterocycles. The van der Waals surface area contributed by atoms with Gasteiger partial charge in [0, 0.05) is 0 Å². The summed E-state index contributed by atoms with van der Waals surface area (Å²) >= 11 is 0. The quantitative estimate of drug-likeness (QED) is 0.772. The first-order valence-electron chi connectivity index (χ1n) is 4.96. The Hall–Kier alpha value is -1.31. The Balaban J connectivity index is 1.85. The topological polar surface area (TPSA) is 37.3 Å². The molecule has 0 spiro atoms. The second kappa shape index (κ2) is 2.19. The van der Waals surface area contributed by atoms with Crippen LogP contribution in [0.2, 0.25) is 0 Å². The van der Waals surface area contributed by atoms with E-state index in [4.69, 9.17) is 5.11 Å². The van der Waals surface area contributed by atoms with Crippen LogP contribution >= 0.6 is 0 Å². The smallest absolute Gasteiger partial charge is 0.309 e.